The maximum absolute atomic E-state index is 12.1. The van der Waals surface area contributed by atoms with E-state index in [0.29, 0.717) is 6.61 Å². The monoisotopic (exact) mass is 288 g/mol. The largest absolute Gasteiger partial charge is 0.445 e. The molecule has 2 heterocycles. The van der Waals surface area contributed by atoms with E-state index in [9.17, 15) is 4.79 Å². The normalized spacial score (nSPS) is 20.1. The first-order valence-electron chi connectivity index (χ1n) is 7.97. The van der Waals surface area contributed by atoms with E-state index >= 15 is 0 Å². The van der Waals surface area contributed by atoms with E-state index in [4.69, 9.17) is 4.74 Å². The molecule has 0 bridgehead atoms. The molecule has 0 saturated carbocycles. The summed E-state index contributed by atoms with van der Waals surface area (Å²) in [6.45, 7) is 4.42. The average Bonchev–Trinajstić information content (AvgIpc) is 2.50. The SMILES string of the molecule is O=C(OCc1ccccc1)N1CCC(CC2CNC2)CC1. The number of hydrogen-bond donors (Lipinski definition) is 1. The van der Waals surface area contributed by atoms with Gasteiger partial charge in [-0.3, -0.25) is 0 Å². The Kier molecular flexibility index (Phi) is 4.76. The summed E-state index contributed by atoms with van der Waals surface area (Å²) in [4.78, 5) is 13.9. The number of rotatable bonds is 4. The van der Waals surface area contributed by atoms with E-state index in [0.717, 1.165) is 43.3 Å². The second kappa shape index (κ2) is 6.94. The summed E-state index contributed by atoms with van der Waals surface area (Å²) in [5, 5.41) is 3.33. The van der Waals surface area contributed by atoms with Crippen molar-refractivity contribution in [3.05, 3.63) is 35.9 Å². The molecule has 0 radical (unpaired) electrons. The number of likely N-dealkylation sites (tertiary alicyclic amines) is 1. The standard InChI is InChI=1S/C17H24N2O2/c20-17(21-13-15-4-2-1-3-5-15)19-8-6-14(7-9-19)10-16-11-18-12-16/h1-5,14,16,18H,6-13H2. The Labute approximate surface area is 126 Å². The van der Waals surface area contributed by atoms with Crippen LogP contribution in [0.1, 0.15) is 24.8 Å². The van der Waals surface area contributed by atoms with Crippen LogP contribution in [-0.4, -0.2) is 37.2 Å². The first-order valence-corrected chi connectivity index (χ1v) is 7.97. The smallest absolute Gasteiger partial charge is 0.410 e. The van der Waals surface area contributed by atoms with Crippen LogP contribution in [0, 0.1) is 11.8 Å². The number of piperidine rings is 1. The fourth-order valence-electron chi connectivity index (χ4n) is 3.15. The topological polar surface area (TPSA) is 41.6 Å². The zero-order valence-corrected chi connectivity index (χ0v) is 12.5. The van der Waals surface area contributed by atoms with Crippen LogP contribution in [0.2, 0.25) is 0 Å². The van der Waals surface area contributed by atoms with E-state index in [1.54, 1.807) is 0 Å². The second-order valence-electron chi connectivity index (χ2n) is 6.23. The van der Waals surface area contributed by atoms with Crippen molar-refractivity contribution in [1.82, 2.24) is 10.2 Å². The molecule has 1 aromatic carbocycles. The molecular weight excluding hydrogens is 264 g/mol. The number of nitrogens with zero attached hydrogens (tertiary/aromatic N) is 1. The third kappa shape index (κ3) is 3.97. The van der Waals surface area contributed by atoms with Gasteiger partial charge in [-0.15, -0.1) is 0 Å². The van der Waals surface area contributed by atoms with Crippen molar-refractivity contribution in [2.75, 3.05) is 26.2 Å². The molecule has 1 amide bonds. The van der Waals surface area contributed by atoms with Crippen molar-refractivity contribution < 1.29 is 9.53 Å². The van der Waals surface area contributed by atoms with Gasteiger partial charge in [-0.2, -0.15) is 0 Å². The molecule has 4 nitrogen and oxygen atoms in total. The quantitative estimate of drug-likeness (QED) is 0.926. The van der Waals surface area contributed by atoms with Gasteiger partial charge in [-0.1, -0.05) is 30.3 Å². The highest BCUT2D eigenvalue weighted by molar-refractivity contribution is 5.67. The maximum Gasteiger partial charge on any atom is 0.410 e. The Hall–Kier alpha value is -1.55. The first-order chi connectivity index (χ1) is 10.3. The van der Waals surface area contributed by atoms with E-state index in [1.165, 1.54) is 19.5 Å². The molecule has 4 heteroatoms. The molecule has 2 aliphatic heterocycles. The van der Waals surface area contributed by atoms with Gasteiger partial charge in [0.15, 0.2) is 0 Å². The zero-order valence-electron chi connectivity index (χ0n) is 12.5. The summed E-state index contributed by atoms with van der Waals surface area (Å²) in [6.07, 6.45) is 3.40. The van der Waals surface area contributed by atoms with Crippen molar-refractivity contribution in [2.24, 2.45) is 11.8 Å². The van der Waals surface area contributed by atoms with Crippen LogP contribution in [0.4, 0.5) is 4.79 Å². The Morgan fingerprint density at radius 2 is 1.86 bits per heavy atom. The van der Waals surface area contributed by atoms with E-state index in [1.807, 2.05) is 35.2 Å². The molecule has 2 aliphatic rings. The zero-order chi connectivity index (χ0) is 14.5. The number of hydrogen-bond acceptors (Lipinski definition) is 3. The van der Waals surface area contributed by atoms with Crippen LogP contribution in [0.25, 0.3) is 0 Å². The van der Waals surface area contributed by atoms with Crippen LogP contribution in [0.3, 0.4) is 0 Å². The predicted octanol–water partition coefficient (Wildman–Crippen LogP) is 2.64. The fraction of sp³-hybridized carbons (Fsp3) is 0.588. The van der Waals surface area contributed by atoms with Crippen LogP contribution >= 0.6 is 0 Å². The van der Waals surface area contributed by atoms with Gasteiger partial charge in [-0.25, -0.2) is 4.79 Å². The lowest BCUT2D eigenvalue weighted by molar-refractivity contribution is 0.0785. The summed E-state index contributed by atoms with van der Waals surface area (Å²) in [5.74, 6) is 1.65. The summed E-state index contributed by atoms with van der Waals surface area (Å²) in [5.41, 5.74) is 1.04. The highest BCUT2D eigenvalue weighted by atomic mass is 16.6. The molecule has 0 unspecified atom stereocenters. The molecule has 1 aromatic rings. The fourth-order valence-corrected chi connectivity index (χ4v) is 3.15. The lowest BCUT2D eigenvalue weighted by atomic mass is 9.85. The molecule has 114 valence electrons. The minimum atomic E-state index is -0.164. The molecule has 0 aromatic heterocycles. The summed E-state index contributed by atoms with van der Waals surface area (Å²) in [6, 6.07) is 9.85. The molecule has 0 atom stereocenters. The highest BCUT2D eigenvalue weighted by Crippen LogP contribution is 2.26. The average molecular weight is 288 g/mol. The highest BCUT2D eigenvalue weighted by Gasteiger charge is 2.27. The van der Waals surface area contributed by atoms with Crippen molar-refractivity contribution in [3.63, 3.8) is 0 Å². The van der Waals surface area contributed by atoms with Crippen LogP contribution in [0.15, 0.2) is 30.3 Å². The van der Waals surface area contributed by atoms with E-state index in [-0.39, 0.29) is 6.09 Å². The summed E-state index contributed by atoms with van der Waals surface area (Å²) < 4.78 is 5.39. The first kappa shape index (κ1) is 14.4. The third-order valence-electron chi connectivity index (χ3n) is 4.61. The molecule has 0 aliphatic carbocycles. The number of nitrogens with one attached hydrogen (secondary N) is 1. The van der Waals surface area contributed by atoms with Crippen molar-refractivity contribution in [1.29, 1.82) is 0 Å². The van der Waals surface area contributed by atoms with Crippen molar-refractivity contribution in [3.8, 4) is 0 Å². The molecule has 3 rings (SSSR count). The minimum Gasteiger partial charge on any atom is -0.445 e. The Bertz CT molecular complexity index is 451. The lowest BCUT2D eigenvalue weighted by Gasteiger charge is -2.35. The molecule has 2 fully saturated rings. The van der Waals surface area contributed by atoms with Crippen molar-refractivity contribution >= 4 is 6.09 Å². The molecule has 2 saturated heterocycles. The molecule has 1 N–H and O–H groups in total. The van der Waals surface area contributed by atoms with Gasteiger partial charge in [0.25, 0.3) is 0 Å². The van der Waals surface area contributed by atoms with Crippen LogP contribution < -0.4 is 5.32 Å². The van der Waals surface area contributed by atoms with Gasteiger partial charge in [0.2, 0.25) is 0 Å². The maximum atomic E-state index is 12.1. The second-order valence-corrected chi connectivity index (χ2v) is 6.23. The number of carbonyl (C=O) groups is 1. The van der Waals surface area contributed by atoms with Gasteiger partial charge in [0.05, 0.1) is 0 Å². The van der Waals surface area contributed by atoms with Gasteiger partial charge in [0.1, 0.15) is 6.61 Å². The lowest BCUT2D eigenvalue weighted by Crippen LogP contribution is -2.45. The van der Waals surface area contributed by atoms with Gasteiger partial charge in [-0.05, 0) is 49.8 Å². The van der Waals surface area contributed by atoms with Gasteiger partial charge in [0, 0.05) is 13.1 Å². The van der Waals surface area contributed by atoms with Gasteiger partial charge >= 0.3 is 6.09 Å². The Balaban J connectivity index is 1.38. The molecule has 21 heavy (non-hydrogen) atoms. The number of ether oxygens (including phenoxy) is 1. The predicted molar refractivity (Wildman–Crippen MR) is 81.9 cm³/mol. The van der Waals surface area contributed by atoms with Gasteiger partial charge < -0.3 is 15.0 Å². The van der Waals surface area contributed by atoms with Crippen LogP contribution in [0.5, 0.6) is 0 Å². The summed E-state index contributed by atoms with van der Waals surface area (Å²) >= 11 is 0. The third-order valence-corrected chi connectivity index (χ3v) is 4.61. The Morgan fingerprint density at radius 3 is 2.48 bits per heavy atom. The van der Waals surface area contributed by atoms with Crippen molar-refractivity contribution in [2.45, 2.75) is 25.9 Å². The van der Waals surface area contributed by atoms with E-state index in [2.05, 4.69) is 5.32 Å². The molecular formula is C17H24N2O2. The molecule has 0 spiro atoms. The minimum absolute atomic E-state index is 0.164. The summed E-state index contributed by atoms with van der Waals surface area (Å²) in [7, 11) is 0. The number of carbonyl (C=O) groups excluding carboxylic acids is 1. The van der Waals surface area contributed by atoms with Crippen LogP contribution in [-0.2, 0) is 11.3 Å². The Morgan fingerprint density at radius 1 is 1.14 bits per heavy atom. The number of benzene rings is 1. The van der Waals surface area contributed by atoms with E-state index < -0.39 is 0 Å². The number of amides is 1.